The highest BCUT2D eigenvalue weighted by atomic mass is 19.3. The Morgan fingerprint density at radius 2 is 2.00 bits per heavy atom. The first-order valence-corrected chi connectivity index (χ1v) is 6.05. The molecule has 18 heavy (non-hydrogen) atoms. The van der Waals surface area contributed by atoms with Crippen molar-refractivity contribution >= 4 is 0 Å². The number of rotatable bonds is 4. The molecular formula is C13H17F2NO2. The molecule has 1 fully saturated rings. The van der Waals surface area contributed by atoms with Crippen LogP contribution in [0.1, 0.15) is 24.4 Å². The molecule has 1 saturated heterocycles. The highest BCUT2D eigenvalue weighted by Crippen LogP contribution is 2.28. The van der Waals surface area contributed by atoms with Gasteiger partial charge in [0.1, 0.15) is 5.75 Å². The summed E-state index contributed by atoms with van der Waals surface area (Å²) >= 11 is 0. The second-order valence-corrected chi connectivity index (χ2v) is 4.45. The van der Waals surface area contributed by atoms with E-state index in [-0.39, 0.29) is 11.8 Å². The lowest BCUT2D eigenvalue weighted by Gasteiger charge is -2.27. The van der Waals surface area contributed by atoms with Gasteiger partial charge in [-0.15, -0.1) is 0 Å². The summed E-state index contributed by atoms with van der Waals surface area (Å²) in [5.41, 5.74) is 7.08. The highest BCUT2D eigenvalue weighted by molar-refractivity contribution is 5.29. The minimum absolute atomic E-state index is 0.120. The van der Waals surface area contributed by atoms with Gasteiger partial charge in [0.15, 0.2) is 0 Å². The van der Waals surface area contributed by atoms with E-state index in [2.05, 4.69) is 4.74 Å². The van der Waals surface area contributed by atoms with E-state index in [1.807, 2.05) is 0 Å². The summed E-state index contributed by atoms with van der Waals surface area (Å²) in [7, 11) is 0. The van der Waals surface area contributed by atoms with Crippen LogP contribution in [-0.2, 0) is 4.74 Å². The quantitative estimate of drug-likeness (QED) is 0.902. The zero-order valence-electron chi connectivity index (χ0n) is 10.0. The Morgan fingerprint density at radius 3 is 2.56 bits per heavy atom. The Morgan fingerprint density at radius 1 is 1.28 bits per heavy atom. The maximum atomic E-state index is 12.0. The summed E-state index contributed by atoms with van der Waals surface area (Å²) in [6.45, 7) is -1.34. The molecule has 100 valence electrons. The molecule has 2 N–H and O–H groups in total. The number of alkyl halides is 2. The Hall–Kier alpha value is -1.20. The number of ether oxygens (including phenoxy) is 2. The minimum Gasteiger partial charge on any atom is -0.435 e. The monoisotopic (exact) mass is 257 g/mol. The molecule has 1 aromatic carbocycles. The molecule has 0 spiro atoms. The predicted octanol–water partition coefficient (Wildman–Crippen LogP) is 2.71. The van der Waals surface area contributed by atoms with Crippen LogP contribution in [0.3, 0.4) is 0 Å². The SMILES string of the molecule is NC(c1ccc(OC(F)F)cc1)C1CCCOC1. The van der Waals surface area contributed by atoms with Crippen LogP contribution in [0, 0.1) is 5.92 Å². The lowest BCUT2D eigenvalue weighted by Crippen LogP contribution is -2.28. The fourth-order valence-electron chi connectivity index (χ4n) is 2.19. The van der Waals surface area contributed by atoms with Crippen molar-refractivity contribution in [3.63, 3.8) is 0 Å². The maximum absolute atomic E-state index is 12.0. The minimum atomic E-state index is -2.80. The van der Waals surface area contributed by atoms with Gasteiger partial charge in [0.25, 0.3) is 0 Å². The van der Waals surface area contributed by atoms with E-state index in [0.717, 1.165) is 25.0 Å². The summed E-state index contributed by atoms with van der Waals surface area (Å²) in [5.74, 6) is 0.446. The van der Waals surface area contributed by atoms with Crippen LogP contribution in [0.25, 0.3) is 0 Å². The summed E-state index contributed by atoms with van der Waals surface area (Å²) in [5, 5.41) is 0. The van der Waals surface area contributed by atoms with Gasteiger partial charge >= 0.3 is 6.61 Å². The number of hydrogen-bond acceptors (Lipinski definition) is 3. The number of benzene rings is 1. The fourth-order valence-corrected chi connectivity index (χ4v) is 2.19. The molecule has 1 aromatic rings. The van der Waals surface area contributed by atoms with Crippen molar-refractivity contribution in [2.24, 2.45) is 11.7 Å². The average Bonchev–Trinajstić information content (AvgIpc) is 2.39. The first-order valence-electron chi connectivity index (χ1n) is 6.05. The Bertz CT molecular complexity index is 364. The summed E-state index contributed by atoms with van der Waals surface area (Å²) < 4.78 is 33.7. The van der Waals surface area contributed by atoms with Crippen LogP contribution in [0.2, 0.25) is 0 Å². The molecule has 5 heteroatoms. The topological polar surface area (TPSA) is 44.5 Å². The molecule has 2 rings (SSSR count). The third-order valence-electron chi connectivity index (χ3n) is 3.19. The first-order chi connectivity index (χ1) is 8.66. The van der Waals surface area contributed by atoms with E-state index in [0.29, 0.717) is 12.5 Å². The summed E-state index contributed by atoms with van der Waals surface area (Å²) in [4.78, 5) is 0. The van der Waals surface area contributed by atoms with E-state index in [1.54, 1.807) is 12.1 Å². The third-order valence-corrected chi connectivity index (χ3v) is 3.19. The Balaban J connectivity index is 1.99. The van der Waals surface area contributed by atoms with Crippen molar-refractivity contribution in [2.75, 3.05) is 13.2 Å². The molecule has 0 aliphatic carbocycles. The molecule has 3 nitrogen and oxygen atoms in total. The second-order valence-electron chi connectivity index (χ2n) is 4.45. The van der Waals surface area contributed by atoms with Crippen LogP contribution in [0.5, 0.6) is 5.75 Å². The largest absolute Gasteiger partial charge is 0.435 e. The Kier molecular flexibility index (Phi) is 4.49. The van der Waals surface area contributed by atoms with Gasteiger partial charge in [0, 0.05) is 18.6 Å². The van der Waals surface area contributed by atoms with E-state index in [1.165, 1.54) is 12.1 Å². The number of halogens is 2. The van der Waals surface area contributed by atoms with Crippen molar-refractivity contribution in [1.29, 1.82) is 0 Å². The molecule has 1 aliphatic rings. The van der Waals surface area contributed by atoms with Crippen molar-refractivity contribution in [3.05, 3.63) is 29.8 Å². The molecule has 2 unspecified atom stereocenters. The van der Waals surface area contributed by atoms with Gasteiger partial charge in [0.2, 0.25) is 0 Å². The highest BCUT2D eigenvalue weighted by Gasteiger charge is 2.22. The van der Waals surface area contributed by atoms with Gasteiger partial charge < -0.3 is 15.2 Å². The molecular weight excluding hydrogens is 240 g/mol. The predicted molar refractivity (Wildman–Crippen MR) is 63.5 cm³/mol. The van der Waals surface area contributed by atoms with Crippen molar-refractivity contribution < 1.29 is 18.3 Å². The molecule has 0 radical (unpaired) electrons. The van der Waals surface area contributed by atoms with E-state index >= 15 is 0 Å². The lowest BCUT2D eigenvalue weighted by atomic mass is 9.89. The molecule has 1 aliphatic heterocycles. The molecule has 2 atom stereocenters. The molecule has 0 saturated carbocycles. The normalized spacial score (nSPS) is 21.9. The Labute approximate surface area is 105 Å². The van der Waals surface area contributed by atoms with E-state index in [9.17, 15) is 8.78 Å². The lowest BCUT2D eigenvalue weighted by molar-refractivity contribution is -0.0498. The smallest absolute Gasteiger partial charge is 0.387 e. The second kappa shape index (κ2) is 6.11. The number of hydrogen-bond donors (Lipinski definition) is 1. The van der Waals surface area contributed by atoms with Crippen LogP contribution in [0.4, 0.5) is 8.78 Å². The first kappa shape index (κ1) is 13.2. The van der Waals surface area contributed by atoms with Crippen molar-refractivity contribution in [1.82, 2.24) is 0 Å². The van der Waals surface area contributed by atoms with Crippen molar-refractivity contribution in [3.8, 4) is 5.75 Å². The molecule has 0 amide bonds. The molecule has 0 bridgehead atoms. The average molecular weight is 257 g/mol. The molecule has 0 aromatic heterocycles. The third kappa shape index (κ3) is 3.40. The molecule has 1 heterocycles. The van der Waals surface area contributed by atoms with Crippen molar-refractivity contribution in [2.45, 2.75) is 25.5 Å². The van der Waals surface area contributed by atoms with Gasteiger partial charge in [-0.3, -0.25) is 0 Å². The van der Waals surface area contributed by atoms with E-state index < -0.39 is 6.61 Å². The van der Waals surface area contributed by atoms with Gasteiger partial charge in [-0.05, 0) is 30.5 Å². The van der Waals surface area contributed by atoms with Crippen LogP contribution in [0.15, 0.2) is 24.3 Å². The zero-order valence-corrected chi connectivity index (χ0v) is 10.0. The van der Waals surface area contributed by atoms with E-state index in [4.69, 9.17) is 10.5 Å². The van der Waals surface area contributed by atoms with Crippen LogP contribution in [-0.4, -0.2) is 19.8 Å². The zero-order chi connectivity index (χ0) is 13.0. The van der Waals surface area contributed by atoms with Gasteiger partial charge in [0.05, 0.1) is 6.61 Å². The standard InChI is InChI=1S/C13H17F2NO2/c14-13(15)18-11-5-3-9(4-6-11)12(16)10-2-1-7-17-8-10/h3-6,10,12-13H,1-2,7-8,16H2. The maximum Gasteiger partial charge on any atom is 0.387 e. The van der Waals surface area contributed by atoms with Gasteiger partial charge in [-0.25, -0.2) is 0 Å². The fraction of sp³-hybridized carbons (Fsp3) is 0.538. The summed E-state index contributed by atoms with van der Waals surface area (Å²) in [6, 6.07) is 6.38. The van der Waals surface area contributed by atoms with Crippen LogP contribution < -0.4 is 10.5 Å². The van der Waals surface area contributed by atoms with Gasteiger partial charge in [-0.1, -0.05) is 12.1 Å². The summed E-state index contributed by atoms with van der Waals surface area (Å²) in [6.07, 6.45) is 2.06. The number of nitrogens with two attached hydrogens (primary N) is 1. The van der Waals surface area contributed by atoms with Gasteiger partial charge in [-0.2, -0.15) is 8.78 Å². The van der Waals surface area contributed by atoms with Crippen LogP contribution >= 0.6 is 0 Å².